The van der Waals surface area contributed by atoms with Crippen LogP contribution in [0.1, 0.15) is 0 Å². The fraction of sp³-hybridized carbons (Fsp3) is 0. The van der Waals surface area contributed by atoms with Gasteiger partial charge in [-0.05, 0) is 18.2 Å². The summed E-state index contributed by atoms with van der Waals surface area (Å²) in [6, 6.07) is 7.02. The van der Waals surface area contributed by atoms with Crippen molar-refractivity contribution in [2.24, 2.45) is 0 Å². The second-order valence-electron chi connectivity index (χ2n) is 2.36. The van der Waals surface area contributed by atoms with Crippen molar-refractivity contribution in [1.29, 1.82) is 0 Å². The van der Waals surface area contributed by atoms with Crippen molar-refractivity contribution in [1.82, 2.24) is 10.9 Å². The summed E-state index contributed by atoms with van der Waals surface area (Å²) in [6.45, 7) is 0. The van der Waals surface area contributed by atoms with E-state index in [0.717, 1.165) is 0 Å². The fourth-order valence-electron chi connectivity index (χ4n) is 0.900. The largest absolute Gasteiger partial charge is 0.299 e. The van der Waals surface area contributed by atoms with Crippen LogP contribution in [0.4, 0.5) is 11.4 Å². The minimum absolute atomic E-state index is 0.532. The first kappa shape index (κ1) is 9.85. The Morgan fingerprint density at radius 1 is 0.929 bits per heavy atom. The number of amides is 2. The fourth-order valence-corrected chi connectivity index (χ4v) is 0.900. The van der Waals surface area contributed by atoms with Crippen LogP contribution in [0.3, 0.4) is 0 Å². The lowest BCUT2D eigenvalue weighted by atomic mass is 10.3. The van der Waals surface area contributed by atoms with E-state index in [1.165, 1.54) is 0 Å². The molecule has 1 rings (SSSR count). The molecule has 1 aromatic rings. The molecule has 4 N–H and O–H groups in total. The smallest absolute Gasteiger partial charge is 0.225 e. The second-order valence-corrected chi connectivity index (χ2v) is 2.36. The van der Waals surface area contributed by atoms with Crippen molar-refractivity contribution in [2.45, 2.75) is 0 Å². The van der Waals surface area contributed by atoms with Crippen LogP contribution >= 0.6 is 0 Å². The number of carbonyl (C=O) groups excluding carboxylic acids is 2. The second kappa shape index (κ2) is 5.41. The van der Waals surface area contributed by atoms with E-state index in [9.17, 15) is 9.59 Å². The van der Waals surface area contributed by atoms with Gasteiger partial charge in [0.1, 0.15) is 0 Å². The van der Waals surface area contributed by atoms with E-state index in [1.807, 2.05) is 0 Å². The van der Waals surface area contributed by atoms with Gasteiger partial charge in [0, 0.05) is 0 Å². The average molecular weight is 194 g/mol. The van der Waals surface area contributed by atoms with Crippen molar-refractivity contribution >= 4 is 24.2 Å². The van der Waals surface area contributed by atoms with E-state index < -0.39 is 0 Å². The van der Waals surface area contributed by atoms with Gasteiger partial charge in [-0.25, -0.2) is 0 Å². The molecule has 2 amide bonds. The number of nitrogens with one attached hydrogen (secondary N) is 4. The van der Waals surface area contributed by atoms with Crippen LogP contribution in [0.25, 0.3) is 0 Å². The molecule has 6 heteroatoms. The maximum Gasteiger partial charge on any atom is 0.225 e. The Kier molecular flexibility index (Phi) is 3.81. The van der Waals surface area contributed by atoms with Crippen molar-refractivity contribution in [2.75, 3.05) is 10.9 Å². The molecule has 0 radical (unpaired) electrons. The Labute approximate surface area is 80.6 Å². The van der Waals surface area contributed by atoms with Crippen LogP contribution in [-0.4, -0.2) is 12.8 Å². The number of hydrazine groups is 2. The molecule has 0 unspecified atom stereocenters. The first-order valence-corrected chi connectivity index (χ1v) is 3.87. The Hall–Kier alpha value is -2.24. The molecule has 6 nitrogen and oxygen atoms in total. The molecular formula is C8H10N4O2. The Bertz CT molecular complexity index is 289. The van der Waals surface area contributed by atoms with Crippen LogP contribution in [0.5, 0.6) is 0 Å². The van der Waals surface area contributed by atoms with Gasteiger partial charge in [-0.15, -0.1) is 0 Å². The molecule has 0 aliphatic carbocycles. The van der Waals surface area contributed by atoms with Gasteiger partial charge in [-0.3, -0.25) is 31.3 Å². The van der Waals surface area contributed by atoms with Crippen LogP contribution in [0.15, 0.2) is 24.3 Å². The van der Waals surface area contributed by atoms with Gasteiger partial charge in [-0.2, -0.15) is 0 Å². The summed E-state index contributed by atoms with van der Waals surface area (Å²) in [7, 11) is 0. The van der Waals surface area contributed by atoms with Crippen LogP contribution < -0.4 is 21.7 Å². The highest BCUT2D eigenvalue weighted by atomic mass is 16.1. The molecule has 0 aromatic heterocycles. The lowest BCUT2D eigenvalue weighted by Crippen LogP contribution is -2.20. The molecule has 0 aliphatic rings. The summed E-state index contributed by atoms with van der Waals surface area (Å²) in [5.41, 5.74) is 11.3. The summed E-state index contributed by atoms with van der Waals surface area (Å²) in [5.74, 6) is 0. The zero-order valence-corrected chi connectivity index (χ0v) is 7.28. The number of benzene rings is 1. The number of carbonyl (C=O) groups is 2. The third-order valence-corrected chi connectivity index (χ3v) is 1.41. The summed E-state index contributed by atoms with van der Waals surface area (Å²) >= 11 is 0. The van der Waals surface area contributed by atoms with E-state index in [4.69, 9.17) is 0 Å². The Morgan fingerprint density at radius 2 is 1.43 bits per heavy atom. The third-order valence-electron chi connectivity index (χ3n) is 1.41. The SMILES string of the molecule is O=CNNc1cccc(NNC=O)c1. The van der Waals surface area contributed by atoms with Gasteiger partial charge in [-0.1, -0.05) is 6.07 Å². The predicted molar refractivity (Wildman–Crippen MR) is 52.1 cm³/mol. The maximum atomic E-state index is 9.99. The molecule has 1 aromatic carbocycles. The summed E-state index contributed by atoms with van der Waals surface area (Å²) in [6.07, 6.45) is 1.06. The first-order chi connectivity index (χ1) is 6.86. The average Bonchev–Trinajstić information content (AvgIpc) is 2.24. The number of hydrogen-bond acceptors (Lipinski definition) is 4. The summed E-state index contributed by atoms with van der Waals surface area (Å²) in [4.78, 5) is 20.0. The van der Waals surface area contributed by atoms with E-state index in [1.54, 1.807) is 24.3 Å². The zero-order valence-electron chi connectivity index (χ0n) is 7.28. The molecule has 0 spiro atoms. The van der Waals surface area contributed by atoms with Gasteiger partial charge in [0.25, 0.3) is 0 Å². The standard InChI is InChI=1S/C8H10N4O2/c13-5-9-11-7-2-1-3-8(4-7)12-10-6-14/h1-6,11-12H,(H,9,13)(H,10,14). The van der Waals surface area contributed by atoms with Crippen molar-refractivity contribution in [3.05, 3.63) is 24.3 Å². The normalized spacial score (nSPS) is 8.57. The van der Waals surface area contributed by atoms with E-state index in [-0.39, 0.29) is 0 Å². The van der Waals surface area contributed by atoms with Gasteiger partial charge >= 0.3 is 0 Å². The highest BCUT2D eigenvalue weighted by Gasteiger charge is 1.92. The van der Waals surface area contributed by atoms with Crippen LogP contribution in [0.2, 0.25) is 0 Å². The Morgan fingerprint density at radius 3 is 1.86 bits per heavy atom. The lowest BCUT2D eigenvalue weighted by molar-refractivity contribution is -0.109. The minimum atomic E-state index is 0.532. The molecule has 0 bridgehead atoms. The quantitative estimate of drug-likeness (QED) is 0.374. The topological polar surface area (TPSA) is 82.3 Å². The lowest BCUT2D eigenvalue weighted by Gasteiger charge is -2.07. The number of hydrogen-bond donors (Lipinski definition) is 4. The van der Waals surface area contributed by atoms with Gasteiger partial charge in [0.2, 0.25) is 12.8 Å². The molecule has 0 saturated heterocycles. The minimum Gasteiger partial charge on any atom is -0.299 e. The highest BCUT2D eigenvalue weighted by molar-refractivity contribution is 5.60. The first-order valence-electron chi connectivity index (χ1n) is 3.87. The summed E-state index contributed by atoms with van der Waals surface area (Å²) in [5, 5.41) is 0. The molecule has 0 atom stereocenters. The van der Waals surface area contributed by atoms with E-state index in [0.29, 0.717) is 24.2 Å². The van der Waals surface area contributed by atoms with Crippen molar-refractivity contribution < 1.29 is 9.59 Å². The van der Waals surface area contributed by atoms with Gasteiger partial charge in [0.05, 0.1) is 11.4 Å². The predicted octanol–water partition coefficient (Wildman–Crippen LogP) is -0.168. The van der Waals surface area contributed by atoms with E-state index >= 15 is 0 Å². The van der Waals surface area contributed by atoms with E-state index in [2.05, 4.69) is 21.7 Å². The molecule has 14 heavy (non-hydrogen) atoms. The van der Waals surface area contributed by atoms with Crippen molar-refractivity contribution in [3.8, 4) is 0 Å². The molecule has 74 valence electrons. The number of anilines is 2. The van der Waals surface area contributed by atoms with Gasteiger partial charge < -0.3 is 0 Å². The monoisotopic (exact) mass is 194 g/mol. The molecular weight excluding hydrogens is 184 g/mol. The molecule has 0 aliphatic heterocycles. The highest BCUT2D eigenvalue weighted by Crippen LogP contribution is 2.12. The molecule has 0 fully saturated rings. The van der Waals surface area contributed by atoms with Crippen molar-refractivity contribution in [3.63, 3.8) is 0 Å². The molecule has 0 heterocycles. The zero-order chi connectivity index (χ0) is 10.2. The number of rotatable bonds is 6. The Balaban J connectivity index is 2.58. The van der Waals surface area contributed by atoms with Gasteiger partial charge in [0.15, 0.2) is 0 Å². The maximum absolute atomic E-state index is 9.99. The third kappa shape index (κ3) is 3.02. The summed E-state index contributed by atoms with van der Waals surface area (Å²) < 4.78 is 0. The molecule has 0 saturated carbocycles. The van der Waals surface area contributed by atoms with Crippen LogP contribution in [-0.2, 0) is 9.59 Å². The van der Waals surface area contributed by atoms with Crippen LogP contribution in [0, 0.1) is 0 Å².